The van der Waals surface area contributed by atoms with Crippen molar-refractivity contribution in [3.63, 3.8) is 0 Å². The molecule has 2 aromatic carbocycles. The van der Waals surface area contributed by atoms with Gasteiger partial charge < -0.3 is 20.3 Å². The van der Waals surface area contributed by atoms with Crippen molar-refractivity contribution in [3.05, 3.63) is 72.6 Å². The quantitative estimate of drug-likeness (QED) is 0.491. The van der Waals surface area contributed by atoms with E-state index in [0.29, 0.717) is 16.9 Å². The summed E-state index contributed by atoms with van der Waals surface area (Å²) in [6.07, 6.45) is 1.52. The van der Waals surface area contributed by atoms with Gasteiger partial charge in [0.05, 0.1) is 18.3 Å². The minimum Gasteiger partial charge on any atom is -0.497 e. The Bertz CT molecular complexity index is 1270. The van der Waals surface area contributed by atoms with E-state index in [9.17, 15) is 4.79 Å². The number of rotatable bonds is 5. The Morgan fingerprint density at radius 1 is 0.970 bits per heavy atom. The Hall–Kier alpha value is -4.04. The van der Waals surface area contributed by atoms with Crippen molar-refractivity contribution in [3.8, 4) is 17.0 Å². The van der Waals surface area contributed by atoms with Crippen LogP contribution in [0.15, 0.2) is 67.0 Å². The van der Waals surface area contributed by atoms with Crippen LogP contribution in [0.2, 0.25) is 0 Å². The Kier molecular flexibility index (Phi) is 5.82. The van der Waals surface area contributed by atoms with Crippen molar-refractivity contribution in [2.45, 2.75) is 0 Å². The zero-order chi connectivity index (χ0) is 22.6. The molecular formula is C25H24N6O2. The normalized spacial score (nSPS) is 13.7. The van der Waals surface area contributed by atoms with Crippen LogP contribution < -0.4 is 15.4 Å². The zero-order valence-electron chi connectivity index (χ0n) is 18.3. The van der Waals surface area contributed by atoms with Gasteiger partial charge in [-0.2, -0.15) is 0 Å². The molecule has 0 aliphatic carbocycles. The highest BCUT2D eigenvalue weighted by Crippen LogP contribution is 2.26. The first-order valence-electron chi connectivity index (χ1n) is 10.8. The van der Waals surface area contributed by atoms with Crippen LogP contribution in [0.5, 0.6) is 5.75 Å². The molecule has 2 aromatic heterocycles. The molecule has 3 heterocycles. The standard InChI is InChI=1S/C25H24N6O2/c1-33-20-8-6-19(7-9-20)29-24-23-22(27-16-28-24)11-10-21(30-23)17-2-4-18(5-3-17)25(32)31-14-12-26-13-15-31/h2-11,16,26H,12-15H2,1H3,(H,27,28,29). The molecule has 1 saturated heterocycles. The fourth-order valence-electron chi connectivity index (χ4n) is 3.84. The molecule has 2 N–H and O–H groups in total. The SMILES string of the molecule is COc1ccc(Nc2ncnc3ccc(-c4ccc(C(=O)N5CCNCC5)cc4)nc23)cc1. The lowest BCUT2D eigenvalue weighted by Crippen LogP contribution is -2.46. The van der Waals surface area contributed by atoms with Crippen LogP contribution in [0.3, 0.4) is 0 Å². The number of aromatic nitrogens is 3. The van der Waals surface area contributed by atoms with E-state index in [2.05, 4.69) is 20.6 Å². The lowest BCUT2D eigenvalue weighted by atomic mass is 10.1. The van der Waals surface area contributed by atoms with Gasteiger partial charge in [-0.3, -0.25) is 4.79 Å². The number of amides is 1. The summed E-state index contributed by atoms with van der Waals surface area (Å²) < 4.78 is 5.22. The average Bonchev–Trinajstić information content (AvgIpc) is 2.89. The topological polar surface area (TPSA) is 92.3 Å². The number of pyridine rings is 1. The second-order valence-electron chi connectivity index (χ2n) is 7.76. The first-order chi connectivity index (χ1) is 16.2. The van der Waals surface area contributed by atoms with Crippen molar-refractivity contribution in [2.24, 2.45) is 0 Å². The van der Waals surface area contributed by atoms with Gasteiger partial charge in [-0.1, -0.05) is 12.1 Å². The first kappa shape index (κ1) is 20.8. The van der Waals surface area contributed by atoms with E-state index in [1.54, 1.807) is 7.11 Å². The number of benzene rings is 2. The maximum Gasteiger partial charge on any atom is 0.253 e. The number of piperazine rings is 1. The number of hydrogen-bond donors (Lipinski definition) is 2. The Morgan fingerprint density at radius 3 is 2.45 bits per heavy atom. The fourth-order valence-corrected chi connectivity index (χ4v) is 3.84. The molecule has 1 amide bonds. The molecule has 8 nitrogen and oxygen atoms in total. The van der Waals surface area contributed by atoms with Gasteiger partial charge in [-0.15, -0.1) is 0 Å². The van der Waals surface area contributed by atoms with E-state index in [0.717, 1.165) is 54.4 Å². The van der Waals surface area contributed by atoms with Crippen LogP contribution in [-0.2, 0) is 0 Å². The Morgan fingerprint density at radius 2 is 1.73 bits per heavy atom. The van der Waals surface area contributed by atoms with E-state index >= 15 is 0 Å². The molecule has 0 atom stereocenters. The lowest BCUT2D eigenvalue weighted by molar-refractivity contribution is 0.0736. The van der Waals surface area contributed by atoms with Crippen molar-refractivity contribution in [1.82, 2.24) is 25.2 Å². The van der Waals surface area contributed by atoms with Gasteiger partial charge in [0.15, 0.2) is 5.82 Å². The second-order valence-corrected chi connectivity index (χ2v) is 7.76. The number of carbonyl (C=O) groups excluding carboxylic acids is 1. The smallest absolute Gasteiger partial charge is 0.253 e. The number of nitrogens with zero attached hydrogens (tertiary/aromatic N) is 4. The molecule has 0 unspecified atom stereocenters. The lowest BCUT2D eigenvalue weighted by Gasteiger charge is -2.27. The highest BCUT2D eigenvalue weighted by Gasteiger charge is 2.18. The zero-order valence-corrected chi connectivity index (χ0v) is 18.3. The summed E-state index contributed by atoms with van der Waals surface area (Å²) >= 11 is 0. The maximum absolute atomic E-state index is 12.7. The largest absolute Gasteiger partial charge is 0.497 e. The molecule has 1 fully saturated rings. The molecule has 0 saturated carbocycles. The van der Waals surface area contributed by atoms with Crippen LogP contribution in [-0.4, -0.2) is 59.0 Å². The number of methoxy groups -OCH3 is 1. The predicted octanol–water partition coefficient (Wildman–Crippen LogP) is 3.49. The molecule has 1 aliphatic heterocycles. The maximum atomic E-state index is 12.7. The van der Waals surface area contributed by atoms with Crippen molar-refractivity contribution in [1.29, 1.82) is 0 Å². The average molecular weight is 441 g/mol. The minimum absolute atomic E-state index is 0.0638. The van der Waals surface area contributed by atoms with Crippen molar-refractivity contribution >= 4 is 28.4 Å². The Balaban J connectivity index is 1.41. The summed E-state index contributed by atoms with van der Waals surface area (Å²) in [7, 11) is 1.64. The van der Waals surface area contributed by atoms with Gasteiger partial charge in [0.2, 0.25) is 0 Å². The number of nitrogens with one attached hydrogen (secondary N) is 2. The number of anilines is 2. The van der Waals surface area contributed by atoms with Crippen LogP contribution in [0.4, 0.5) is 11.5 Å². The third-order valence-corrected chi connectivity index (χ3v) is 5.67. The van der Waals surface area contributed by atoms with E-state index in [1.165, 1.54) is 6.33 Å². The van der Waals surface area contributed by atoms with E-state index in [1.807, 2.05) is 65.6 Å². The Labute approximate surface area is 191 Å². The number of hydrogen-bond acceptors (Lipinski definition) is 7. The monoisotopic (exact) mass is 440 g/mol. The predicted molar refractivity (Wildman–Crippen MR) is 128 cm³/mol. The van der Waals surface area contributed by atoms with Gasteiger partial charge in [-0.05, 0) is 48.5 Å². The molecule has 0 bridgehead atoms. The highest BCUT2D eigenvalue weighted by molar-refractivity contribution is 5.95. The molecule has 4 aromatic rings. The van der Waals surface area contributed by atoms with Crippen LogP contribution in [0.25, 0.3) is 22.3 Å². The number of carbonyl (C=O) groups is 1. The van der Waals surface area contributed by atoms with Gasteiger partial charge in [0.1, 0.15) is 17.6 Å². The second kappa shape index (κ2) is 9.22. The van der Waals surface area contributed by atoms with Gasteiger partial charge in [-0.25, -0.2) is 15.0 Å². The summed E-state index contributed by atoms with van der Waals surface area (Å²) in [6, 6.07) is 19.1. The third kappa shape index (κ3) is 4.47. The molecule has 33 heavy (non-hydrogen) atoms. The van der Waals surface area contributed by atoms with Gasteiger partial charge in [0.25, 0.3) is 5.91 Å². The highest BCUT2D eigenvalue weighted by atomic mass is 16.5. The first-order valence-corrected chi connectivity index (χ1v) is 10.8. The number of ether oxygens (including phenoxy) is 1. The summed E-state index contributed by atoms with van der Waals surface area (Å²) in [5, 5.41) is 6.58. The van der Waals surface area contributed by atoms with Crippen molar-refractivity contribution < 1.29 is 9.53 Å². The summed E-state index contributed by atoms with van der Waals surface area (Å²) in [6.45, 7) is 3.13. The molecular weight excluding hydrogens is 416 g/mol. The third-order valence-electron chi connectivity index (χ3n) is 5.67. The molecule has 0 radical (unpaired) electrons. The molecule has 5 rings (SSSR count). The summed E-state index contributed by atoms with van der Waals surface area (Å²) in [5.74, 6) is 1.47. The summed E-state index contributed by atoms with van der Waals surface area (Å²) in [5.41, 5.74) is 4.69. The fraction of sp³-hybridized carbons (Fsp3) is 0.200. The van der Waals surface area contributed by atoms with Gasteiger partial charge in [0, 0.05) is 43.0 Å². The molecule has 0 spiro atoms. The van der Waals surface area contributed by atoms with Crippen LogP contribution >= 0.6 is 0 Å². The molecule has 8 heteroatoms. The van der Waals surface area contributed by atoms with E-state index in [-0.39, 0.29) is 5.91 Å². The van der Waals surface area contributed by atoms with Crippen molar-refractivity contribution in [2.75, 3.05) is 38.6 Å². The number of fused-ring (bicyclic) bond motifs is 1. The minimum atomic E-state index is 0.0638. The summed E-state index contributed by atoms with van der Waals surface area (Å²) in [4.78, 5) is 28.2. The van der Waals surface area contributed by atoms with E-state index < -0.39 is 0 Å². The van der Waals surface area contributed by atoms with Crippen LogP contribution in [0.1, 0.15) is 10.4 Å². The molecule has 166 valence electrons. The van der Waals surface area contributed by atoms with E-state index in [4.69, 9.17) is 9.72 Å². The van der Waals surface area contributed by atoms with Gasteiger partial charge >= 0.3 is 0 Å². The molecule has 1 aliphatic rings. The van der Waals surface area contributed by atoms with Crippen LogP contribution in [0, 0.1) is 0 Å².